The molecular formula is C18H18BrNO4. The zero-order valence-electron chi connectivity index (χ0n) is 13.7. The van der Waals surface area contributed by atoms with Crippen LogP contribution in [-0.2, 0) is 9.53 Å². The van der Waals surface area contributed by atoms with Gasteiger partial charge < -0.3 is 14.8 Å². The number of benzene rings is 2. The van der Waals surface area contributed by atoms with E-state index in [1.54, 1.807) is 30.3 Å². The summed E-state index contributed by atoms with van der Waals surface area (Å²) < 4.78 is 11.1. The molecule has 126 valence electrons. The Morgan fingerprint density at radius 1 is 1.08 bits per heavy atom. The zero-order chi connectivity index (χ0) is 17.7. The van der Waals surface area contributed by atoms with Crippen LogP contribution in [0.3, 0.4) is 0 Å². The van der Waals surface area contributed by atoms with Crippen molar-refractivity contribution in [2.24, 2.45) is 0 Å². The van der Waals surface area contributed by atoms with E-state index in [0.717, 1.165) is 15.6 Å². The Kier molecular flexibility index (Phi) is 5.98. The lowest BCUT2D eigenvalue weighted by atomic mass is 10.1. The third-order valence-corrected chi connectivity index (χ3v) is 4.52. The van der Waals surface area contributed by atoms with Crippen molar-refractivity contribution in [3.8, 4) is 5.75 Å². The molecule has 0 radical (unpaired) electrons. The lowest BCUT2D eigenvalue weighted by molar-refractivity contribution is -0.119. The van der Waals surface area contributed by atoms with E-state index in [1.165, 1.54) is 7.11 Å². The number of ether oxygens (including phenoxy) is 2. The van der Waals surface area contributed by atoms with E-state index < -0.39 is 11.9 Å². The molecule has 0 aromatic heterocycles. The van der Waals surface area contributed by atoms with Gasteiger partial charge in [-0.25, -0.2) is 4.79 Å². The van der Waals surface area contributed by atoms with Crippen molar-refractivity contribution in [3.05, 3.63) is 57.6 Å². The fourth-order valence-corrected chi connectivity index (χ4v) is 2.56. The number of halogens is 1. The SMILES string of the molecule is COc1ccccc1C(=O)OCC(=O)Nc1ccc(Br)c(C)c1C. The van der Waals surface area contributed by atoms with Gasteiger partial charge in [0.1, 0.15) is 11.3 Å². The Balaban J connectivity index is 1.99. The summed E-state index contributed by atoms with van der Waals surface area (Å²) in [6.45, 7) is 3.50. The van der Waals surface area contributed by atoms with E-state index in [2.05, 4.69) is 21.2 Å². The molecule has 24 heavy (non-hydrogen) atoms. The number of esters is 1. The highest BCUT2D eigenvalue weighted by Gasteiger charge is 2.15. The molecule has 0 atom stereocenters. The van der Waals surface area contributed by atoms with Gasteiger partial charge in [-0.15, -0.1) is 0 Å². The zero-order valence-corrected chi connectivity index (χ0v) is 15.3. The number of carbonyl (C=O) groups excluding carboxylic acids is 2. The van der Waals surface area contributed by atoms with E-state index in [0.29, 0.717) is 11.4 Å². The third kappa shape index (κ3) is 4.14. The maximum atomic E-state index is 12.1. The lowest BCUT2D eigenvalue weighted by Gasteiger charge is -2.12. The van der Waals surface area contributed by atoms with E-state index in [-0.39, 0.29) is 12.2 Å². The molecule has 0 aliphatic heterocycles. The minimum atomic E-state index is -0.605. The van der Waals surface area contributed by atoms with Crippen molar-refractivity contribution in [1.29, 1.82) is 0 Å². The largest absolute Gasteiger partial charge is 0.496 e. The van der Waals surface area contributed by atoms with Crippen molar-refractivity contribution in [1.82, 2.24) is 0 Å². The quantitative estimate of drug-likeness (QED) is 0.785. The second-order valence-corrected chi connectivity index (χ2v) is 6.02. The Morgan fingerprint density at radius 2 is 1.79 bits per heavy atom. The van der Waals surface area contributed by atoms with Crippen LogP contribution < -0.4 is 10.1 Å². The van der Waals surface area contributed by atoms with Crippen LogP contribution >= 0.6 is 15.9 Å². The topological polar surface area (TPSA) is 64.6 Å². The van der Waals surface area contributed by atoms with E-state index in [4.69, 9.17) is 9.47 Å². The number of rotatable bonds is 5. The average molecular weight is 392 g/mol. The molecule has 0 aliphatic rings. The fraction of sp³-hybridized carbons (Fsp3) is 0.222. The van der Waals surface area contributed by atoms with E-state index in [1.807, 2.05) is 19.9 Å². The second kappa shape index (κ2) is 7.97. The Morgan fingerprint density at radius 3 is 2.50 bits per heavy atom. The summed E-state index contributed by atoms with van der Waals surface area (Å²) in [5, 5.41) is 2.75. The molecule has 0 unspecified atom stereocenters. The number of methoxy groups -OCH3 is 1. The van der Waals surface area contributed by atoms with Crippen LogP contribution in [0.15, 0.2) is 40.9 Å². The first-order valence-corrected chi connectivity index (χ1v) is 8.09. The summed E-state index contributed by atoms with van der Waals surface area (Å²) >= 11 is 3.44. The van der Waals surface area contributed by atoms with Crippen LogP contribution in [0.4, 0.5) is 5.69 Å². The number of amides is 1. The first kappa shape index (κ1) is 18.0. The first-order chi connectivity index (χ1) is 11.4. The number of hydrogen-bond acceptors (Lipinski definition) is 4. The molecule has 0 spiro atoms. The van der Waals surface area contributed by atoms with Gasteiger partial charge in [-0.3, -0.25) is 4.79 Å². The molecule has 2 rings (SSSR count). The van der Waals surface area contributed by atoms with Gasteiger partial charge >= 0.3 is 5.97 Å². The van der Waals surface area contributed by atoms with Crippen LogP contribution in [0.5, 0.6) is 5.75 Å². The summed E-state index contributed by atoms with van der Waals surface area (Å²) in [4.78, 5) is 24.1. The molecule has 2 aromatic rings. The van der Waals surface area contributed by atoms with Gasteiger partial charge in [-0.1, -0.05) is 28.1 Å². The summed E-state index contributed by atoms with van der Waals surface area (Å²) in [6, 6.07) is 10.4. The van der Waals surface area contributed by atoms with Crippen LogP contribution in [-0.4, -0.2) is 25.6 Å². The minimum Gasteiger partial charge on any atom is -0.496 e. The fourth-order valence-electron chi connectivity index (χ4n) is 2.13. The van der Waals surface area contributed by atoms with Crippen molar-refractivity contribution in [2.75, 3.05) is 19.0 Å². The van der Waals surface area contributed by atoms with E-state index in [9.17, 15) is 9.59 Å². The number of hydrogen-bond donors (Lipinski definition) is 1. The number of carbonyl (C=O) groups is 2. The van der Waals surface area contributed by atoms with Gasteiger partial charge in [0, 0.05) is 10.2 Å². The molecule has 0 bridgehead atoms. The predicted molar refractivity (Wildman–Crippen MR) is 95.5 cm³/mol. The van der Waals surface area contributed by atoms with Gasteiger partial charge in [0.15, 0.2) is 6.61 Å². The highest BCUT2D eigenvalue weighted by molar-refractivity contribution is 9.10. The highest BCUT2D eigenvalue weighted by Crippen LogP contribution is 2.25. The Bertz CT molecular complexity index is 774. The van der Waals surface area contributed by atoms with Crippen LogP contribution in [0.25, 0.3) is 0 Å². The van der Waals surface area contributed by atoms with Crippen molar-refractivity contribution in [3.63, 3.8) is 0 Å². The molecule has 1 amide bonds. The molecule has 0 fully saturated rings. The predicted octanol–water partition coefficient (Wildman–Crippen LogP) is 3.87. The maximum Gasteiger partial charge on any atom is 0.342 e. The standard InChI is InChI=1S/C18H18BrNO4/c1-11-12(2)15(9-8-14(11)19)20-17(21)10-24-18(22)13-6-4-5-7-16(13)23-3/h4-9H,10H2,1-3H3,(H,20,21). The Labute approximate surface area is 149 Å². The number of para-hydroxylation sites is 1. The maximum absolute atomic E-state index is 12.1. The van der Waals surface area contributed by atoms with Crippen molar-refractivity contribution in [2.45, 2.75) is 13.8 Å². The molecule has 0 heterocycles. The van der Waals surface area contributed by atoms with Crippen LogP contribution in [0.1, 0.15) is 21.5 Å². The molecule has 6 heteroatoms. The highest BCUT2D eigenvalue weighted by atomic mass is 79.9. The molecular weight excluding hydrogens is 374 g/mol. The van der Waals surface area contributed by atoms with Gasteiger partial charge in [0.2, 0.25) is 0 Å². The van der Waals surface area contributed by atoms with Gasteiger partial charge in [0.25, 0.3) is 5.91 Å². The monoisotopic (exact) mass is 391 g/mol. The lowest BCUT2D eigenvalue weighted by Crippen LogP contribution is -2.21. The van der Waals surface area contributed by atoms with Gasteiger partial charge in [0.05, 0.1) is 7.11 Å². The summed E-state index contributed by atoms with van der Waals surface area (Å²) in [7, 11) is 1.47. The second-order valence-electron chi connectivity index (χ2n) is 5.17. The summed E-state index contributed by atoms with van der Waals surface area (Å²) in [6.07, 6.45) is 0. The van der Waals surface area contributed by atoms with Crippen molar-refractivity contribution < 1.29 is 19.1 Å². The molecule has 1 N–H and O–H groups in total. The Hall–Kier alpha value is -2.34. The third-order valence-electron chi connectivity index (χ3n) is 3.66. The van der Waals surface area contributed by atoms with Crippen molar-refractivity contribution >= 4 is 33.5 Å². The first-order valence-electron chi connectivity index (χ1n) is 7.29. The smallest absolute Gasteiger partial charge is 0.342 e. The molecule has 0 saturated heterocycles. The molecule has 5 nitrogen and oxygen atoms in total. The minimum absolute atomic E-state index is 0.281. The number of anilines is 1. The van der Waals surface area contributed by atoms with E-state index >= 15 is 0 Å². The van der Waals surface area contributed by atoms with Crippen LogP contribution in [0.2, 0.25) is 0 Å². The summed E-state index contributed by atoms with van der Waals surface area (Å²) in [5.41, 5.74) is 2.96. The number of nitrogens with one attached hydrogen (secondary N) is 1. The average Bonchev–Trinajstić information content (AvgIpc) is 2.60. The van der Waals surface area contributed by atoms with Gasteiger partial charge in [-0.2, -0.15) is 0 Å². The molecule has 0 aliphatic carbocycles. The summed E-state index contributed by atoms with van der Waals surface area (Å²) in [5.74, 6) is -0.600. The van der Waals surface area contributed by atoms with Crippen LogP contribution in [0, 0.1) is 13.8 Å². The molecule has 0 saturated carbocycles. The molecule has 2 aromatic carbocycles. The van der Waals surface area contributed by atoms with Gasteiger partial charge in [-0.05, 0) is 49.2 Å². The normalized spacial score (nSPS) is 10.2.